The van der Waals surface area contributed by atoms with Crippen molar-refractivity contribution in [2.45, 2.75) is 64.9 Å². The first-order valence-corrected chi connectivity index (χ1v) is 9.01. The minimum atomic E-state index is -1.59. The second-order valence-corrected chi connectivity index (χ2v) is 7.31. The molecule has 0 aromatic carbocycles. The molecule has 0 spiro atoms. The molecule has 5 atom stereocenters. The molecule has 28 heavy (non-hydrogen) atoms. The molecule has 0 aromatic rings. The number of carbonyl (C=O) groups excluding carboxylic acids is 3. The maximum atomic E-state index is 12.6. The molecule has 0 aliphatic rings. The Kier molecular flexibility index (Phi) is 10.6. The Morgan fingerprint density at radius 2 is 1.29 bits per heavy atom. The standard InChI is InChI=1S/C17H32N4O7/c1-7(2)11(18)14(24)20-12(8(3)4)15(25)21-13(9(5)23)16(26)19-10(6-22)17(27)28/h7-13,22-23H,6,18H2,1-5H3,(H,19,26)(H,20,24)(H,21,25)(H,27,28). The van der Waals surface area contributed by atoms with Crippen LogP contribution < -0.4 is 21.7 Å². The van der Waals surface area contributed by atoms with Crippen LogP contribution in [0.4, 0.5) is 0 Å². The van der Waals surface area contributed by atoms with Crippen molar-refractivity contribution in [3.63, 3.8) is 0 Å². The number of hydrogen-bond acceptors (Lipinski definition) is 7. The van der Waals surface area contributed by atoms with E-state index < -0.39 is 60.6 Å². The summed E-state index contributed by atoms with van der Waals surface area (Å²) in [5.41, 5.74) is 5.78. The number of aliphatic carboxylic acids is 1. The molecule has 0 heterocycles. The number of aliphatic hydroxyl groups is 2. The lowest BCUT2D eigenvalue weighted by Crippen LogP contribution is -2.61. The molecule has 5 unspecified atom stereocenters. The highest BCUT2D eigenvalue weighted by Crippen LogP contribution is 2.06. The molecular weight excluding hydrogens is 372 g/mol. The Hall–Kier alpha value is -2.24. The van der Waals surface area contributed by atoms with E-state index in [-0.39, 0.29) is 11.8 Å². The topological polar surface area (TPSA) is 191 Å². The summed E-state index contributed by atoms with van der Waals surface area (Å²) in [5, 5.41) is 34.6. The Morgan fingerprint density at radius 3 is 1.64 bits per heavy atom. The first kappa shape index (κ1) is 25.8. The van der Waals surface area contributed by atoms with Gasteiger partial charge in [-0.15, -0.1) is 0 Å². The van der Waals surface area contributed by atoms with Gasteiger partial charge in [0.15, 0.2) is 0 Å². The normalized spacial score (nSPS) is 16.6. The predicted molar refractivity (Wildman–Crippen MR) is 99.8 cm³/mol. The van der Waals surface area contributed by atoms with Gasteiger partial charge in [0, 0.05) is 0 Å². The first-order valence-electron chi connectivity index (χ1n) is 9.01. The summed E-state index contributed by atoms with van der Waals surface area (Å²) in [6, 6.07) is -4.93. The molecule has 3 amide bonds. The van der Waals surface area contributed by atoms with Gasteiger partial charge >= 0.3 is 5.97 Å². The first-order chi connectivity index (χ1) is 12.8. The van der Waals surface area contributed by atoms with Crippen LogP contribution in [0.15, 0.2) is 0 Å². The van der Waals surface area contributed by atoms with E-state index in [1.807, 2.05) is 5.32 Å². The van der Waals surface area contributed by atoms with Crippen molar-refractivity contribution < 1.29 is 34.5 Å². The molecule has 162 valence electrons. The third-order valence-electron chi connectivity index (χ3n) is 4.13. The van der Waals surface area contributed by atoms with E-state index in [0.717, 1.165) is 0 Å². The van der Waals surface area contributed by atoms with E-state index in [4.69, 9.17) is 15.9 Å². The number of hydrogen-bond donors (Lipinski definition) is 7. The van der Waals surface area contributed by atoms with Crippen molar-refractivity contribution in [2.75, 3.05) is 6.61 Å². The molecule has 0 saturated heterocycles. The summed E-state index contributed by atoms with van der Waals surface area (Å²) in [6.07, 6.45) is -1.36. The van der Waals surface area contributed by atoms with Gasteiger partial charge in [0.2, 0.25) is 17.7 Å². The van der Waals surface area contributed by atoms with Crippen LogP contribution in [-0.2, 0) is 19.2 Å². The zero-order valence-electron chi connectivity index (χ0n) is 16.8. The smallest absolute Gasteiger partial charge is 0.328 e. The number of amides is 3. The summed E-state index contributed by atoms with van der Waals surface area (Å²) in [7, 11) is 0. The molecule has 8 N–H and O–H groups in total. The van der Waals surface area contributed by atoms with E-state index in [1.54, 1.807) is 27.7 Å². The van der Waals surface area contributed by atoms with Crippen molar-refractivity contribution in [3.8, 4) is 0 Å². The Morgan fingerprint density at radius 1 is 0.821 bits per heavy atom. The van der Waals surface area contributed by atoms with Crippen molar-refractivity contribution in [1.29, 1.82) is 0 Å². The van der Waals surface area contributed by atoms with Gasteiger partial charge in [-0.25, -0.2) is 4.79 Å². The van der Waals surface area contributed by atoms with Gasteiger partial charge < -0.3 is 37.0 Å². The molecule has 0 aliphatic carbocycles. The third kappa shape index (κ3) is 7.79. The Balaban J connectivity index is 5.29. The zero-order chi connectivity index (χ0) is 22.2. The fourth-order valence-electron chi connectivity index (χ4n) is 2.18. The summed E-state index contributed by atoms with van der Waals surface area (Å²) >= 11 is 0. The lowest BCUT2D eigenvalue weighted by atomic mass is 9.99. The van der Waals surface area contributed by atoms with Crippen LogP contribution in [0.2, 0.25) is 0 Å². The fourth-order valence-corrected chi connectivity index (χ4v) is 2.18. The minimum absolute atomic E-state index is 0.154. The highest BCUT2D eigenvalue weighted by atomic mass is 16.4. The van der Waals surface area contributed by atoms with Crippen LogP contribution in [0.1, 0.15) is 34.6 Å². The number of rotatable bonds is 11. The van der Waals surface area contributed by atoms with E-state index in [0.29, 0.717) is 0 Å². The van der Waals surface area contributed by atoms with Crippen molar-refractivity contribution in [1.82, 2.24) is 16.0 Å². The lowest BCUT2D eigenvalue weighted by Gasteiger charge is -2.28. The average molecular weight is 404 g/mol. The third-order valence-corrected chi connectivity index (χ3v) is 4.13. The van der Waals surface area contributed by atoms with Crippen LogP contribution in [-0.4, -0.2) is 75.9 Å². The molecule has 0 saturated carbocycles. The minimum Gasteiger partial charge on any atom is -0.480 e. The fraction of sp³-hybridized carbons (Fsp3) is 0.765. The van der Waals surface area contributed by atoms with Crippen LogP contribution in [0.3, 0.4) is 0 Å². The number of carbonyl (C=O) groups is 4. The van der Waals surface area contributed by atoms with Crippen LogP contribution >= 0.6 is 0 Å². The monoisotopic (exact) mass is 404 g/mol. The Labute approximate surface area is 164 Å². The van der Waals surface area contributed by atoms with Crippen LogP contribution in [0.5, 0.6) is 0 Å². The molecule has 0 aromatic heterocycles. The quantitative estimate of drug-likeness (QED) is 0.197. The van der Waals surface area contributed by atoms with Gasteiger partial charge in [-0.3, -0.25) is 14.4 Å². The van der Waals surface area contributed by atoms with Crippen molar-refractivity contribution in [2.24, 2.45) is 17.6 Å². The largest absolute Gasteiger partial charge is 0.480 e. The maximum Gasteiger partial charge on any atom is 0.328 e. The van der Waals surface area contributed by atoms with Crippen molar-refractivity contribution >= 4 is 23.7 Å². The predicted octanol–water partition coefficient (Wildman–Crippen LogP) is -2.46. The van der Waals surface area contributed by atoms with Gasteiger partial charge in [0.05, 0.1) is 18.8 Å². The number of carboxylic acids is 1. The highest BCUT2D eigenvalue weighted by molar-refractivity contribution is 5.94. The van der Waals surface area contributed by atoms with Gasteiger partial charge in [-0.05, 0) is 18.8 Å². The second kappa shape index (κ2) is 11.6. The average Bonchev–Trinajstić information content (AvgIpc) is 2.59. The van der Waals surface area contributed by atoms with E-state index in [9.17, 15) is 24.3 Å². The highest BCUT2D eigenvalue weighted by Gasteiger charge is 2.33. The molecule has 11 heteroatoms. The maximum absolute atomic E-state index is 12.6. The van der Waals surface area contributed by atoms with E-state index >= 15 is 0 Å². The number of carboxylic acid groups (broad SMARTS) is 1. The zero-order valence-corrected chi connectivity index (χ0v) is 16.8. The summed E-state index contributed by atoms with van der Waals surface area (Å²) < 4.78 is 0. The molecule has 0 bridgehead atoms. The molecule has 0 radical (unpaired) electrons. The van der Waals surface area contributed by atoms with Crippen molar-refractivity contribution in [3.05, 3.63) is 0 Å². The molecule has 0 rings (SSSR count). The molecule has 0 fully saturated rings. The number of nitrogens with two attached hydrogens (primary N) is 1. The van der Waals surface area contributed by atoms with Crippen LogP contribution in [0.25, 0.3) is 0 Å². The second-order valence-electron chi connectivity index (χ2n) is 7.31. The van der Waals surface area contributed by atoms with Gasteiger partial charge in [0.25, 0.3) is 0 Å². The van der Waals surface area contributed by atoms with Gasteiger partial charge in [0.1, 0.15) is 18.1 Å². The van der Waals surface area contributed by atoms with Crippen LogP contribution in [0, 0.1) is 11.8 Å². The summed E-state index contributed by atoms with van der Waals surface area (Å²) in [5.74, 6) is -4.24. The van der Waals surface area contributed by atoms with E-state index in [1.165, 1.54) is 6.92 Å². The van der Waals surface area contributed by atoms with Gasteiger partial charge in [-0.2, -0.15) is 0 Å². The number of nitrogens with one attached hydrogen (secondary N) is 3. The number of aliphatic hydroxyl groups excluding tert-OH is 2. The lowest BCUT2D eigenvalue weighted by molar-refractivity contribution is -0.144. The van der Waals surface area contributed by atoms with Gasteiger partial charge in [-0.1, -0.05) is 27.7 Å². The van der Waals surface area contributed by atoms with E-state index in [2.05, 4.69) is 10.6 Å². The molecule has 11 nitrogen and oxygen atoms in total. The molecular formula is C17H32N4O7. The SMILES string of the molecule is CC(C)C(N)C(=O)NC(C(=O)NC(C(=O)NC(CO)C(=O)O)C(C)O)C(C)C. The summed E-state index contributed by atoms with van der Waals surface area (Å²) in [4.78, 5) is 47.9. The Bertz CT molecular complexity index is 566. The summed E-state index contributed by atoms with van der Waals surface area (Å²) in [6.45, 7) is 7.23. The molecule has 0 aliphatic heterocycles.